The first-order chi connectivity index (χ1) is 6.83. The summed E-state index contributed by atoms with van der Waals surface area (Å²) >= 11 is 0. The normalized spacial score (nSPS) is 10.1. The van der Waals surface area contributed by atoms with Crippen molar-refractivity contribution in [3.8, 4) is 0 Å². The molecule has 0 atom stereocenters. The van der Waals surface area contributed by atoms with E-state index in [0.29, 0.717) is 5.56 Å². The van der Waals surface area contributed by atoms with Gasteiger partial charge in [-0.3, -0.25) is 21.1 Å². The first-order valence-electron chi connectivity index (χ1n) is 4.15. The molecule has 0 spiro atoms. The topological polar surface area (TPSA) is 69.0 Å². The highest BCUT2D eigenvalue weighted by Crippen LogP contribution is 2.15. The Morgan fingerprint density at radius 3 is 2.93 bits per heavy atom. The molecule has 4 nitrogen and oxygen atoms in total. The Kier molecular flexibility index (Phi) is 2.12. The molecule has 0 aliphatic rings. The Balaban J connectivity index is 2.71. The lowest BCUT2D eigenvalue weighted by Crippen LogP contribution is -2.18. The minimum absolute atomic E-state index is 0.0244. The van der Waals surface area contributed by atoms with Crippen LogP contribution in [0.2, 0.25) is 0 Å². The van der Waals surface area contributed by atoms with Crippen molar-refractivity contribution >= 4 is 16.7 Å². The Bertz CT molecular complexity index is 476. The first-order valence-corrected chi connectivity index (χ1v) is 4.15. The minimum atomic E-state index is -0.0244. The summed E-state index contributed by atoms with van der Waals surface area (Å²) in [6.07, 6.45) is 1.70. The van der Waals surface area contributed by atoms with Crippen LogP contribution in [0.5, 0.6) is 0 Å². The minimum Gasteiger partial charge on any atom is -0.290 e. The van der Waals surface area contributed by atoms with Gasteiger partial charge in [0.1, 0.15) is 5.84 Å². The summed E-state index contributed by atoms with van der Waals surface area (Å²) in [7, 11) is 0. The van der Waals surface area contributed by atoms with Crippen LogP contribution in [-0.4, -0.2) is 16.0 Å². The van der Waals surface area contributed by atoms with Gasteiger partial charge in [0, 0.05) is 17.1 Å². The maximum atomic E-state index is 8.65. The van der Waals surface area contributed by atoms with Gasteiger partial charge < -0.3 is 0 Å². The lowest BCUT2D eigenvalue weighted by Gasteiger charge is -2.05. The van der Waals surface area contributed by atoms with Crippen molar-refractivity contribution in [3.63, 3.8) is 0 Å². The smallest absolute Gasteiger partial charge is 0.150 e. The van der Waals surface area contributed by atoms with Crippen LogP contribution in [0, 0.1) is 5.41 Å². The number of benzene rings is 1. The monoisotopic (exact) mass is 187 g/mol. The summed E-state index contributed by atoms with van der Waals surface area (Å²) in [5, 5.41) is 17.0. The fraction of sp³-hybridized carbons (Fsp3) is 0. The summed E-state index contributed by atoms with van der Waals surface area (Å²) in [4.78, 5) is 4.15. The van der Waals surface area contributed by atoms with E-state index < -0.39 is 0 Å². The van der Waals surface area contributed by atoms with Crippen LogP contribution in [0.15, 0.2) is 36.5 Å². The summed E-state index contributed by atoms with van der Waals surface area (Å²) in [5.41, 5.74) is 3.28. The Labute approximate surface area is 80.7 Å². The SMILES string of the molecule is N=C(NO)c1cccc2ncccc12. The largest absolute Gasteiger partial charge is 0.290 e. The highest BCUT2D eigenvalue weighted by Gasteiger charge is 2.04. The van der Waals surface area contributed by atoms with Gasteiger partial charge in [-0.05, 0) is 12.1 Å². The van der Waals surface area contributed by atoms with Crippen molar-refractivity contribution in [2.75, 3.05) is 0 Å². The molecule has 0 aliphatic carbocycles. The quantitative estimate of drug-likeness (QED) is 0.360. The Morgan fingerprint density at radius 2 is 2.14 bits per heavy atom. The highest BCUT2D eigenvalue weighted by atomic mass is 16.5. The molecule has 1 heterocycles. The molecular weight excluding hydrogens is 178 g/mol. The third-order valence-electron chi connectivity index (χ3n) is 2.03. The van der Waals surface area contributed by atoms with Gasteiger partial charge in [0.15, 0.2) is 0 Å². The van der Waals surface area contributed by atoms with Gasteiger partial charge in [-0.25, -0.2) is 0 Å². The van der Waals surface area contributed by atoms with Crippen LogP contribution < -0.4 is 5.48 Å². The van der Waals surface area contributed by atoms with Crippen molar-refractivity contribution in [2.24, 2.45) is 0 Å². The maximum absolute atomic E-state index is 8.65. The summed E-state index contributed by atoms with van der Waals surface area (Å²) < 4.78 is 0. The standard InChI is InChI=1S/C10H9N3O/c11-10(13-14)8-3-1-5-9-7(8)4-2-6-12-9/h1-6,14H,(H2,11,13). The molecule has 0 amide bonds. The average molecular weight is 187 g/mol. The second-order valence-electron chi connectivity index (χ2n) is 2.86. The average Bonchev–Trinajstić information content (AvgIpc) is 2.27. The second kappa shape index (κ2) is 3.43. The molecule has 0 saturated carbocycles. The van der Waals surface area contributed by atoms with Gasteiger partial charge in [0.2, 0.25) is 0 Å². The predicted octanol–water partition coefficient (Wildman–Crippen LogP) is 1.54. The first kappa shape index (κ1) is 8.65. The van der Waals surface area contributed by atoms with E-state index in [4.69, 9.17) is 10.6 Å². The van der Waals surface area contributed by atoms with Gasteiger partial charge in [-0.2, -0.15) is 0 Å². The molecule has 14 heavy (non-hydrogen) atoms. The number of aromatic nitrogens is 1. The molecule has 0 saturated heterocycles. The molecule has 0 radical (unpaired) electrons. The zero-order chi connectivity index (χ0) is 9.97. The van der Waals surface area contributed by atoms with Crippen molar-refractivity contribution < 1.29 is 5.21 Å². The number of pyridine rings is 1. The van der Waals surface area contributed by atoms with E-state index in [1.54, 1.807) is 24.4 Å². The molecule has 3 N–H and O–H groups in total. The van der Waals surface area contributed by atoms with Crippen LogP contribution in [0.3, 0.4) is 0 Å². The number of hydroxylamine groups is 1. The molecule has 2 aromatic rings. The van der Waals surface area contributed by atoms with E-state index in [-0.39, 0.29) is 5.84 Å². The van der Waals surface area contributed by atoms with Crippen molar-refractivity contribution in [2.45, 2.75) is 0 Å². The zero-order valence-electron chi connectivity index (χ0n) is 7.36. The second-order valence-corrected chi connectivity index (χ2v) is 2.86. The zero-order valence-corrected chi connectivity index (χ0v) is 7.36. The fourth-order valence-corrected chi connectivity index (χ4v) is 1.38. The van der Waals surface area contributed by atoms with Crippen LogP contribution in [0.1, 0.15) is 5.56 Å². The number of hydrogen-bond donors (Lipinski definition) is 3. The molecule has 2 rings (SSSR count). The third kappa shape index (κ3) is 1.31. The Hall–Kier alpha value is -1.94. The van der Waals surface area contributed by atoms with E-state index in [0.717, 1.165) is 10.9 Å². The summed E-state index contributed by atoms with van der Waals surface area (Å²) in [6.45, 7) is 0. The fourth-order valence-electron chi connectivity index (χ4n) is 1.38. The number of amidine groups is 1. The number of nitrogens with zero attached hydrogens (tertiary/aromatic N) is 1. The molecule has 0 bridgehead atoms. The lowest BCUT2D eigenvalue weighted by molar-refractivity contribution is 0.234. The van der Waals surface area contributed by atoms with Gasteiger partial charge in [-0.15, -0.1) is 0 Å². The molecule has 1 aromatic heterocycles. The van der Waals surface area contributed by atoms with Gasteiger partial charge >= 0.3 is 0 Å². The summed E-state index contributed by atoms with van der Waals surface area (Å²) in [5.74, 6) is -0.0244. The number of fused-ring (bicyclic) bond motifs is 1. The number of hydrogen-bond acceptors (Lipinski definition) is 3. The van der Waals surface area contributed by atoms with Gasteiger partial charge in [-0.1, -0.05) is 18.2 Å². The van der Waals surface area contributed by atoms with Crippen LogP contribution in [-0.2, 0) is 0 Å². The molecule has 70 valence electrons. The van der Waals surface area contributed by atoms with Crippen molar-refractivity contribution in [1.29, 1.82) is 5.41 Å². The van der Waals surface area contributed by atoms with Gasteiger partial charge in [0.25, 0.3) is 0 Å². The number of nitrogens with one attached hydrogen (secondary N) is 2. The summed E-state index contributed by atoms with van der Waals surface area (Å²) in [6, 6.07) is 9.09. The van der Waals surface area contributed by atoms with Crippen molar-refractivity contribution in [1.82, 2.24) is 10.5 Å². The predicted molar refractivity (Wildman–Crippen MR) is 53.5 cm³/mol. The van der Waals surface area contributed by atoms with E-state index in [1.807, 2.05) is 17.6 Å². The molecule has 0 aliphatic heterocycles. The molecule has 1 aromatic carbocycles. The van der Waals surface area contributed by atoms with Gasteiger partial charge in [0.05, 0.1) is 5.52 Å². The Morgan fingerprint density at radius 1 is 1.29 bits per heavy atom. The molecule has 0 unspecified atom stereocenters. The van der Waals surface area contributed by atoms with E-state index >= 15 is 0 Å². The molecular formula is C10H9N3O. The van der Waals surface area contributed by atoms with E-state index in [1.165, 1.54) is 0 Å². The van der Waals surface area contributed by atoms with E-state index in [9.17, 15) is 0 Å². The third-order valence-corrected chi connectivity index (χ3v) is 2.03. The lowest BCUT2D eigenvalue weighted by atomic mass is 10.1. The van der Waals surface area contributed by atoms with Crippen LogP contribution in [0.25, 0.3) is 10.9 Å². The van der Waals surface area contributed by atoms with Crippen LogP contribution >= 0.6 is 0 Å². The highest BCUT2D eigenvalue weighted by molar-refractivity contribution is 6.06. The van der Waals surface area contributed by atoms with E-state index in [2.05, 4.69) is 4.98 Å². The van der Waals surface area contributed by atoms with Crippen molar-refractivity contribution in [3.05, 3.63) is 42.1 Å². The molecule has 4 heteroatoms. The van der Waals surface area contributed by atoms with Crippen LogP contribution in [0.4, 0.5) is 0 Å². The molecule has 0 fully saturated rings. The maximum Gasteiger partial charge on any atom is 0.150 e. The number of rotatable bonds is 1.